The second-order valence-corrected chi connectivity index (χ2v) is 7.82. The molecule has 25 heavy (non-hydrogen) atoms. The largest absolute Gasteiger partial charge is 0.343 e. The first-order valence-corrected chi connectivity index (χ1v) is 9.41. The minimum atomic E-state index is -0.304. The summed E-state index contributed by atoms with van der Waals surface area (Å²) in [7, 11) is 1.79. The third kappa shape index (κ3) is 4.02. The van der Waals surface area contributed by atoms with Crippen LogP contribution >= 0.6 is 22.9 Å². The van der Waals surface area contributed by atoms with E-state index in [-0.39, 0.29) is 24.4 Å². The van der Waals surface area contributed by atoms with Crippen molar-refractivity contribution in [3.63, 3.8) is 0 Å². The van der Waals surface area contributed by atoms with Gasteiger partial charge in [-0.1, -0.05) is 17.7 Å². The van der Waals surface area contributed by atoms with Gasteiger partial charge in [0.05, 0.1) is 28.2 Å². The van der Waals surface area contributed by atoms with Gasteiger partial charge >= 0.3 is 0 Å². The molecule has 1 aromatic heterocycles. The van der Waals surface area contributed by atoms with Crippen LogP contribution in [0.2, 0.25) is 5.02 Å². The second kappa shape index (κ2) is 7.54. The highest BCUT2D eigenvalue weighted by Crippen LogP contribution is 2.37. The first-order chi connectivity index (χ1) is 12.0. The number of fused-ring (bicyclic) bond motifs is 1. The van der Waals surface area contributed by atoms with Crippen molar-refractivity contribution < 1.29 is 9.59 Å². The molecule has 3 rings (SSSR count). The molecule has 2 amide bonds. The van der Waals surface area contributed by atoms with E-state index in [1.54, 1.807) is 47.5 Å². The molecule has 1 N–H and O–H groups in total. The zero-order valence-corrected chi connectivity index (χ0v) is 15.8. The maximum Gasteiger partial charge on any atom is 0.251 e. The zero-order chi connectivity index (χ0) is 18.0. The number of hydrogen-bond donors (Lipinski definition) is 1. The molecule has 1 unspecified atom stereocenters. The van der Waals surface area contributed by atoms with E-state index in [0.29, 0.717) is 10.6 Å². The molecule has 1 aliphatic carbocycles. The molecule has 2 aromatic rings. The van der Waals surface area contributed by atoms with Gasteiger partial charge in [-0.2, -0.15) is 0 Å². The summed E-state index contributed by atoms with van der Waals surface area (Å²) in [6.45, 7) is 1.96. The van der Waals surface area contributed by atoms with Crippen molar-refractivity contribution in [3.05, 3.63) is 50.4 Å². The Labute approximate surface area is 156 Å². The van der Waals surface area contributed by atoms with Crippen LogP contribution in [-0.4, -0.2) is 35.3 Å². The Morgan fingerprint density at radius 2 is 2.24 bits per heavy atom. The molecule has 0 saturated carbocycles. The zero-order valence-electron chi connectivity index (χ0n) is 14.2. The van der Waals surface area contributed by atoms with E-state index < -0.39 is 0 Å². The van der Waals surface area contributed by atoms with Gasteiger partial charge in [0.1, 0.15) is 0 Å². The fraction of sp³-hybridized carbons (Fsp3) is 0.389. The number of amides is 2. The molecule has 1 aromatic carbocycles. The molecule has 132 valence electrons. The number of thiazole rings is 1. The Kier molecular flexibility index (Phi) is 5.39. The molecule has 1 aliphatic rings. The van der Waals surface area contributed by atoms with Gasteiger partial charge in [-0.15, -0.1) is 11.3 Å². The lowest BCUT2D eigenvalue weighted by atomic mass is 9.97. The van der Waals surface area contributed by atoms with Crippen LogP contribution in [0.4, 0.5) is 0 Å². The van der Waals surface area contributed by atoms with E-state index >= 15 is 0 Å². The highest BCUT2D eigenvalue weighted by Gasteiger charge is 2.29. The van der Waals surface area contributed by atoms with Gasteiger partial charge in [-0.25, -0.2) is 4.98 Å². The van der Waals surface area contributed by atoms with E-state index in [2.05, 4.69) is 10.3 Å². The third-order valence-electron chi connectivity index (χ3n) is 4.38. The minimum absolute atomic E-state index is 0.0362. The first-order valence-electron chi connectivity index (χ1n) is 8.21. The number of hydrogen-bond acceptors (Lipinski definition) is 4. The number of halogens is 1. The number of rotatable bonds is 4. The van der Waals surface area contributed by atoms with Crippen molar-refractivity contribution in [2.45, 2.75) is 32.2 Å². The van der Waals surface area contributed by atoms with Crippen LogP contribution in [0.5, 0.6) is 0 Å². The summed E-state index contributed by atoms with van der Waals surface area (Å²) in [6.07, 6.45) is 2.93. The van der Waals surface area contributed by atoms with E-state index in [9.17, 15) is 9.59 Å². The summed E-state index contributed by atoms with van der Waals surface area (Å²) < 4.78 is 0. The Bertz CT molecular complexity index is 805. The van der Waals surface area contributed by atoms with Crippen LogP contribution in [0, 0.1) is 6.92 Å². The number of likely N-dealkylation sites (N-methyl/N-ethyl adjacent to an activating group) is 1. The van der Waals surface area contributed by atoms with Crippen molar-refractivity contribution in [2.75, 3.05) is 13.6 Å². The molecular weight excluding hydrogens is 358 g/mol. The number of carbonyl (C=O) groups is 2. The number of nitrogens with zero attached hydrogens (tertiary/aromatic N) is 2. The van der Waals surface area contributed by atoms with Crippen molar-refractivity contribution in [1.82, 2.24) is 15.2 Å². The molecular formula is C18H20ClN3O2S. The third-order valence-corrected chi connectivity index (χ3v) is 5.73. The van der Waals surface area contributed by atoms with E-state index in [1.807, 2.05) is 6.92 Å². The summed E-state index contributed by atoms with van der Waals surface area (Å²) in [6, 6.07) is 6.71. The SMILES string of the molecule is Cc1nc2c(s1)C(N(C)C(=O)CNC(=O)c1cccc(Cl)c1)CCC2. The number of aryl methyl sites for hydroxylation is 2. The molecule has 0 aliphatic heterocycles. The monoisotopic (exact) mass is 377 g/mol. The molecule has 0 saturated heterocycles. The average molecular weight is 378 g/mol. The number of nitrogens with one attached hydrogen (secondary N) is 1. The Balaban J connectivity index is 1.63. The van der Waals surface area contributed by atoms with E-state index in [4.69, 9.17) is 11.6 Å². The summed E-state index contributed by atoms with van der Waals surface area (Å²) >= 11 is 7.55. The van der Waals surface area contributed by atoms with Gasteiger partial charge < -0.3 is 10.2 Å². The smallest absolute Gasteiger partial charge is 0.251 e. The predicted octanol–water partition coefficient (Wildman–Crippen LogP) is 3.37. The lowest BCUT2D eigenvalue weighted by molar-refractivity contribution is -0.131. The first kappa shape index (κ1) is 17.9. The highest BCUT2D eigenvalue weighted by molar-refractivity contribution is 7.11. The Morgan fingerprint density at radius 3 is 3.00 bits per heavy atom. The Hall–Kier alpha value is -1.92. The summed E-state index contributed by atoms with van der Waals surface area (Å²) in [4.78, 5) is 32.2. The van der Waals surface area contributed by atoms with Crippen molar-refractivity contribution >= 4 is 34.8 Å². The topological polar surface area (TPSA) is 62.3 Å². The standard InChI is InChI=1S/C18H20ClN3O2S/c1-11-21-14-7-4-8-15(17(14)25-11)22(2)16(23)10-20-18(24)12-5-3-6-13(19)9-12/h3,5-6,9,15H,4,7-8,10H2,1-2H3,(H,20,24). The van der Waals surface area contributed by atoms with Gasteiger partial charge in [-0.3, -0.25) is 9.59 Å². The molecule has 7 heteroatoms. The minimum Gasteiger partial charge on any atom is -0.343 e. The summed E-state index contributed by atoms with van der Waals surface area (Å²) in [5, 5.41) is 4.20. The molecule has 0 radical (unpaired) electrons. The van der Waals surface area contributed by atoms with Crippen molar-refractivity contribution in [3.8, 4) is 0 Å². The average Bonchev–Trinajstić information content (AvgIpc) is 2.98. The highest BCUT2D eigenvalue weighted by atomic mass is 35.5. The fourth-order valence-electron chi connectivity index (χ4n) is 3.08. The molecule has 0 fully saturated rings. The van der Waals surface area contributed by atoms with Crippen LogP contribution in [0.25, 0.3) is 0 Å². The lowest BCUT2D eigenvalue weighted by Gasteiger charge is -2.30. The van der Waals surface area contributed by atoms with Crippen LogP contribution in [0.15, 0.2) is 24.3 Å². The number of carbonyl (C=O) groups excluding carboxylic acids is 2. The van der Waals surface area contributed by atoms with Crippen LogP contribution in [0.1, 0.15) is 44.8 Å². The van der Waals surface area contributed by atoms with Crippen LogP contribution in [0.3, 0.4) is 0 Å². The van der Waals surface area contributed by atoms with Gasteiger partial charge in [-0.05, 0) is 44.4 Å². The molecule has 1 atom stereocenters. The second-order valence-electron chi connectivity index (χ2n) is 6.15. The van der Waals surface area contributed by atoms with Gasteiger partial charge in [0, 0.05) is 17.6 Å². The van der Waals surface area contributed by atoms with E-state index in [0.717, 1.165) is 30.0 Å². The van der Waals surface area contributed by atoms with Crippen LogP contribution < -0.4 is 5.32 Å². The van der Waals surface area contributed by atoms with Gasteiger partial charge in [0.25, 0.3) is 5.91 Å². The van der Waals surface area contributed by atoms with Gasteiger partial charge in [0.15, 0.2) is 0 Å². The molecule has 5 nitrogen and oxygen atoms in total. The van der Waals surface area contributed by atoms with Crippen molar-refractivity contribution in [1.29, 1.82) is 0 Å². The maximum atomic E-state index is 12.5. The fourth-order valence-corrected chi connectivity index (χ4v) is 4.42. The number of benzene rings is 1. The maximum absolute atomic E-state index is 12.5. The molecule has 1 heterocycles. The number of aromatic nitrogens is 1. The molecule has 0 bridgehead atoms. The van der Waals surface area contributed by atoms with E-state index in [1.165, 1.54) is 4.88 Å². The Morgan fingerprint density at radius 1 is 1.44 bits per heavy atom. The summed E-state index contributed by atoms with van der Waals surface area (Å²) in [5.74, 6) is -0.415. The summed E-state index contributed by atoms with van der Waals surface area (Å²) in [5.41, 5.74) is 1.56. The lowest BCUT2D eigenvalue weighted by Crippen LogP contribution is -2.40. The van der Waals surface area contributed by atoms with Gasteiger partial charge in [0.2, 0.25) is 5.91 Å². The van der Waals surface area contributed by atoms with Crippen molar-refractivity contribution in [2.24, 2.45) is 0 Å². The normalized spacial score (nSPS) is 16.2. The predicted molar refractivity (Wildman–Crippen MR) is 99.1 cm³/mol. The molecule has 0 spiro atoms. The van der Waals surface area contributed by atoms with Crippen LogP contribution in [-0.2, 0) is 11.2 Å². The quantitative estimate of drug-likeness (QED) is 0.888.